The van der Waals surface area contributed by atoms with Crippen LogP contribution in [0.2, 0.25) is 0 Å². The number of anilines is 1. The maximum atomic E-state index is 13.0. The van der Waals surface area contributed by atoms with Gasteiger partial charge in [-0.25, -0.2) is 4.39 Å². The molecule has 5 nitrogen and oxygen atoms in total. The molecule has 0 saturated carbocycles. The Balaban J connectivity index is 1.60. The standard InChI is InChI=1S/C22H20FN3O2/c1-25-20-5-3-2-4-18(20)21(19(14-24)22(25)27)26-12-10-17(11-13-26)28-16-8-6-15(23)7-9-16/h2-9,17H,10-13H2,1H3. The highest BCUT2D eigenvalue weighted by Crippen LogP contribution is 2.31. The second kappa shape index (κ2) is 7.35. The fourth-order valence-corrected chi connectivity index (χ4v) is 3.81. The van der Waals surface area contributed by atoms with Gasteiger partial charge in [-0.05, 0) is 30.3 Å². The molecule has 0 amide bonds. The van der Waals surface area contributed by atoms with E-state index in [4.69, 9.17) is 4.74 Å². The van der Waals surface area contributed by atoms with E-state index in [1.807, 2.05) is 24.3 Å². The van der Waals surface area contributed by atoms with Crippen molar-refractivity contribution in [1.29, 1.82) is 5.26 Å². The van der Waals surface area contributed by atoms with E-state index < -0.39 is 0 Å². The summed E-state index contributed by atoms with van der Waals surface area (Å²) in [6.07, 6.45) is 1.53. The molecule has 0 spiro atoms. The monoisotopic (exact) mass is 377 g/mol. The minimum Gasteiger partial charge on any atom is -0.490 e. The summed E-state index contributed by atoms with van der Waals surface area (Å²) in [6.45, 7) is 1.36. The van der Waals surface area contributed by atoms with Crippen LogP contribution in [0.4, 0.5) is 10.1 Å². The molecule has 1 aliphatic heterocycles. The van der Waals surface area contributed by atoms with Crippen LogP contribution in [-0.4, -0.2) is 23.8 Å². The van der Waals surface area contributed by atoms with Crippen LogP contribution in [0.5, 0.6) is 5.75 Å². The number of hydrogen-bond acceptors (Lipinski definition) is 4. The fraction of sp³-hybridized carbons (Fsp3) is 0.273. The molecule has 0 unspecified atom stereocenters. The lowest BCUT2D eigenvalue weighted by molar-refractivity contribution is 0.171. The van der Waals surface area contributed by atoms with Gasteiger partial charge in [-0.15, -0.1) is 0 Å². The fourth-order valence-electron chi connectivity index (χ4n) is 3.81. The average Bonchev–Trinajstić information content (AvgIpc) is 2.73. The summed E-state index contributed by atoms with van der Waals surface area (Å²) in [7, 11) is 1.69. The predicted octanol–water partition coefficient (Wildman–Crippen LogP) is 3.60. The molecular formula is C22H20FN3O2. The zero-order chi connectivity index (χ0) is 19.7. The molecule has 2 heterocycles. The number of para-hydroxylation sites is 1. The average molecular weight is 377 g/mol. The van der Waals surface area contributed by atoms with Crippen molar-refractivity contribution in [3.63, 3.8) is 0 Å². The van der Waals surface area contributed by atoms with E-state index in [0.717, 1.165) is 23.7 Å². The highest BCUT2D eigenvalue weighted by molar-refractivity contribution is 5.94. The Bertz CT molecular complexity index is 1110. The Morgan fingerprint density at radius 1 is 1.11 bits per heavy atom. The smallest absolute Gasteiger partial charge is 0.270 e. The summed E-state index contributed by atoms with van der Waals surface area (Å²) < 4.78 is 20.5. The minimum absolute atomic E-state index is 0.0186. The Kier molecular flexibility index (Phi) is 4.74. The molecule has 3 aromatic rings. The summed E-state index contributed by atoms with van der Waals surface area (Å²) in [5.74, 6) is 0.361. The molecule has 1 aromatic heterocycles. The summed E-state index contributed by atoms with van der Waals surface area (Å²) in [6, 6.07) is 15.8. The maximum absolute atomic E-state index is 13.0. The lowest BCUT2D eigenvalue weighted by Crippen LogP contribution is -2.40. The molecule has 4 rings (SSSR count). The normalized spacial score (nSPS) is 14.8. The molecule has 1 saturated heterocycles. The quantitative estimate of drug-likeness (QED) is 0.700. The Morgan fingerprint density at radius 2 is 1.79 bits per heavy atom. The van der Waals surface area contributed by atoms with Gasteiger partial charge in [0.15, 0.2) is 0 Å². The number of hydrogen-bond donors (Lipinski definition) is 0. The van der Waals surface area contributed by atoms with Gasteiger partial charge in [0.1, 0.15) is 29.3 Å². The molecule has 0 aliphatic carbocycles. The number of rotatable bonds is 3. The Hall–Kier alpha value is -3.33. The zero-order valence-corrected chi connectivity index (χ0v) is 15.6. The van der Waals surface area contributed by atoms with E-state index >= 15 is 0 Å². The van der Waals surface area contributed by atoms with Gasteiger partial charge in [-0.1, -0.05) is 18.2 Å². The van der Waals surface area contributed by atoms with Gasteiger partial charge in [0.2, 0.25) is 0 Å². The number of pyridine rings is 1. The van der Waals surface area contributed by atoms with E-state index in [1.165, 1.54) is 16.7 Å². The molecular weight excluding hydrogens is 357 g/mol. The highest BCUT2D eigenvalue weighted by atomic mass is 19.1. The van der Waals surface area contributed by atoms with E-state index in [9.17, 15) is 14.4 Å². The topological polar surface area (TPSA) is 58.3 Å². The van der Waals surface area contributed by atoms with E-state index in [-0.39, 0.29) is 23.0 Å². The number of piperidine rings is 1. The van der Waals surface area contributed by atoms with Gasteiger partial charge >= 0.3 is 0 Å². The third-order valence-electron chi connectivity index (χ3n) is 5.26. The first-order valence-electron chi connectivity index (χ1n) is 9.27. The van der Waals surface area contributed by atoms with Crippen molar-refractivity contribution in [2.75, 3.05) is 18.0 Å². The van der Waals surface area contributed by atoms with Crippen LogP contribution in [0.25, 0.3) is 10.9 Å². The van der Waals surface area contributed by atoms with Crippen molar-refractivity contribution >= 4 is 16.6 Å². The van der Waals surface area contributed by atoms with Crippen molar-refractivity contribution in [3.05, 3.63) is 70.3 Å². The van der Waals surface area contributed by atoms with Gasteiger partial charge in [-0.3, -0.25) is 4.79 Å². The molecule has 142 valence electrons. The summed E-state index contributed by atoms with van der Waals surface area (Å²) in [5.41, 5.74) is 1.42. The van der Waals surface area contributed by atoms with Crippen molar-refractivity contribution in [2.24, 2.45) is 7.05 Å². The first kappa shape index (κ1) is 18.1. The molecule has 0 radical (unpaired) electrons. The number of fused-ring (bicyclic) bond motifs is 1. The van der Waals surface area contributed by atoms with Crippen LogP contribution in [-0.2, 0) is 7.05 Å². The zero-order valence-electron chi connectivity index (χ0n) is 15.6. The molecule has 0 atom stereocenters. The van der Waals surface area contributed by atoms with Gasteiger partial charge < -0.3 is 14.2 Å². The number of ether oxygens (including phenoxy) is 1. The molecule has 0 N–H and O–H groups in total. The van der Waals surface area contributed by atoms with Crippen LogP contribution >= 0.6 is 0 Å². The summed E-state index contributed by atoms with van der Waals surface area (Å²) in [4.78, 5) is 14.8. The van der Waals surface area contributed by atoms with Crippen LogP contribution in [0.1, 0.15) is 18.4 Å². The van der Waals surface area contributed by atoms with Crippen molar-refractivity contribution < 1.29 is 9.13 Å². The number of aromatic nitrogens is 1. The van der Waals surface area contributed by atoms with Crippen molar-refractivity contribution in [2.45, 2.75) is 18.9 Å². The first-order chi connectivity index (χ1) is 13.6. The minimum atomic E-state index is -0.288. The van der Waals surface area contributed by atoms with E-state index in [0.29, 0.717) is 24.5 Å². The molecule has 2 aromatic carbocycles. The molecule has 1 fully saturated rings. The largest absolute Gasteiger partial charge is 0.490 e. The van der Waals surface area contributed by atoms with Crippen molar-refractivity contribution in [3.8, 4) is 11.8 Å². The summed E-state index contributed by atoms with van der Waals surface area (Å²) in [5, 5.41) is 10.5. The molecule has 6 heteroatoms. The van der Waals surface area contributed by atoms with Gasteiger partial charge in [0.25, 0.3) is 5.56 Å². The van der Waals surface area contributed by atoms with Crippen LogP contribution in [0.15, 0.2) is 53.3 Å². The molecule has 28 heavy (non-hydrogen) atoms. The Morgan fingerprint density at radius 3 is 2.46 bits per heavy atom. The highest BCUT2D eigenvalue weighted by Gasteiger charge is 2.26. The lowest BCUT2D eigenvalue weighted by Gasteiger charge is -2.34. The van der Waals surface area contributed by atoms with E-state index in [2.05, 4.69) is 11.0 Å². The predicted molar refractivity (Wildman–Crippen MR) is 106 cm³/mol. The maximum Gasteiger partial charge on any atom is 0.270 e. The van der Waals surface area contributed by atoms with Gasteiger partial charge in [0.05, 0.1) is 11.2 Å². The number of benzene rings is 2. The van der Waals surface area contributed by atoms with Crippen LogP contribution in [0, 0.1) is 17.1 Å². The Labute approximate surface area is 162 Å². The van der Waals surface area contributed by atoms with Gasteiger partial charge in [-0.2, -0.15) is 5.26 Å². The second-order valence-electron chi connectivity index (χ2n) is 6.97. The van der Waals surface area contributed by atoms with E-state index in [1.54, 1.807) is 19.2 Å². The van der Waals surface area contributed by atoms with Crippen LogP contribution in [0.3, 0.4) is 0 Å². The van der Waals surface area contributed by atoms with Crippen LogP contribution < -0.4 is 15.2 Å². The van der Waals surface area contributed by atoms with Crippen molar-refractivity contribution in [1.82, 2.24) is 4.57 Å². The second-order valence-corrected chi connectivity index (χ2v) is 6.97. The SMILES string of the molecule is Cn1c(=O)c(C#N)c(N2CCC(Oc3ccc(F)cc3)CC2)c2ccccc21. The molecule has 0 bridgehead atoms. The molecule has 1 aliphatic rings. The third-order valence-corrected chi connectivity index (χ3v) is 5.26. The lowest BCUT2D eigenvalue weighted by atomic mass is 10.0. The number of nitriles is 1. The van der Waals surface area contributed by atoms with Gasteiger partial charge in [0, 0.05) is 38.4 Å². The number of halogens is 1. The summed E-state index contributed by atoms with van der Waals surface area (Å²) >= 11 is 0. The third kappa shape index (κ3) is 3.20. The first-order valence-corrected chi connectivity index (χ1v) is 9.27. The number of nitrogens with zero attached hydrogens (tertiary/aromatic N) is 3. The number of aryl methyl sites for hydroxylation is 1.